The first kappa shape index (κ1) is 16.2. The third-order valence-electron chi connectivity index (χ3n) is 4.45. The van der Waals surface area contributed by atoms with E-state index in [0.29, 0.717) is 5.92 Å². The van der Waals surface area contributed by atoms with Gasteiger partial charge >= 0.3 is 0 Å². The Morgan fingerprint density at radius 3 is 2.05 bits per heavy atom. The van der Waals surface area contributed by atoms with Gasteiger partial charge in [0.05, 0.1) is 0 Å². The van der Waals surface area contributed by atoms with Crippen molar-refractivity contribution in [2.24, 2.45) is 11.8 Å². The third kappa shape index (κ3) is 3.37. The lowest BCUT2D eigenvalue weighted by Crippen LogP contribution is -2.33. The molecule has 0 fully saturated rings. The highest BCUT2D eigenvalue weighted by atomic mass is 16.3. The van der Waals surface area contributed by atoms with Crippen LogP contribution in [0.15, 0.2) is 12.1 Å². The summed E-state index contributed by atoms with van der Waals surface area (Å²) in [4.78, 5) is 2.23. The van der Waals surface area contributed by atoms with E-state index in [0.717, 1.165) is 0 Å². The average Bonchev–Trinajstić information content (AvgIpc) is 2.33. The Balaban J connectivity index is 3.31. The van der Waals surface area contributed by atoms with Crippen LogP contribution >= 0.6 is 0 Å². The van der Waals surface area contributed by atoms with Gasteiger partial charge in [-0.1, -0.05) is 26.0 Å². The van der Waals surface area contributed by atoms with Crippen LogP contribution in [0.25, 0.3) is 0 Å². The monoisotopic (exact) mass is 263 g/mol. The van der Waals surface area contributed by atoms with Crippen molar-refractivity contribution in [3.63, 3.8) is 0 Å². The highest BCUT2D eigenvalue weighted by Crippen LogP contribution is 2.35. The van der Waals surface area contributed by atoms with E-state index >= 15 is 0 Å². The van der Waals surface area contributed by atoms with Gasteiger partial charge in [0.15, 0.2) is 0 Å². The maximum absolute atomic E-state index is 9.77. The van der Waals surface area contributed by atoms with E-state index in [9.17, 15) is 5.11 Å². The second-order valence-corrected chi connectivity index (χ2v) is 6.22. The van der Waals surface area contributed by atoms with E-state index in [1.54, 1.807) is 0 Å². The van der Waals surface area contributed by atoms with Crippen molar-refractivity contribution in [1.29, 1.82) is 0 Å². The number of aliphatic hydroxyl groups excluding tert-OH is 1. The lowest BCUT2D eigenvalue weighted by Gasteiger charge is -2.35. The minimum Gasteiger partial charge on any atom is -0.396 e. The number of hydrogen-bond acceptors (Lipinski definition) is 2. The third-order valence-corrected chi connectivity index (χ3v) is 4.45. The van der Waals surface area contributed by atoms with Crippen molar-refractivity contribution in [2.75, 3.05) is 20.7 Å². The quantitative estimate of drug-likeness (QED) is 0.879. The summed E-state index contributed by atoms with van der Waals surface area (Å²) < 4.78 is 0. The zero-order chi connectivity index (χ0) is 14.7. The molecule has 0 aromatic heterocycles. The molecule has 1 aromatic rings. The van der Waals surface area contributed by atoms with Crippen LogP contribution in [0.3, 0.4) is 0 Å². The molecule has 0 aliphatic carbocycles. The molecule has 0 radical (unpaired) electrons. The Bertz CT molecular complexity index is 424. The summed E-state index contributed by atoms with van der Waals surface area (Å²) in [5.74, 6) is 0.717. The van der Waals surface area contributed by atoms with Crippen molar-refractivity contribution >= 4 is 0 Å². The minimum absolute atomic E-state index is 0.229. The molecule has 2 heteroatoms. The first-order chi connectivity index (χ1) is 8.81. The van der Waals surface area contributed by atoms with Gasteiger partial charge in [0.2, 0.25) is 0 Å². The van der Waals surface area contributed by atoms with E-state index in [2.05, 4.69) is 65.7 Å². The van der Waals surface area contributed by atoms with Gasteiger partial charge in [-0.2, -0.15) is 0 Å². The number of aryl methyl sites for hydroxylation is 1. The van der Waals surface area contributed by atoms with E-state index < -0.39 is 0 Å². The van der Waals surface area contributed by atoms with Crippen molar-refractivity contribution in [3.05, 3.63) is 34.4 Å². The Morgan fingerprint density at radius 1 is 1.05 bits per heavy atom. The van der Waals surface area contributed by atoms with Crippen molar-refractivity contribution in [1.82, 2.24) is 4.90 Å². The van der Waals surface area contributed by atoms with Crippen molar-refractivity contribution in [3.8, 4) is 0 Å². The predicted octanol–water partition coefficient (Wildman–Crippen LogP) is 3.48. The molecular formula is C17H29NO. The molecule has 108 valence electrons. The molecule has 0 saturated carbocycles. The van der Waals surface area contributed by atoms with Crippen molar-refractivity contribution in [2.45, 2.75) is 40.7 Å². The summed E-state index contributed by atoms with van der Waals surface area (Å²) in [6.07, 6.45) is 0. The van der Waals surface area contributed by atoms with Crippen molar-refractivity contribution < 1.29 is 5.11 Å². The van der Waals surface area contributed by atoms with Crippen LogP contribution in [0.1, 0.15) is 42.1 Å². The number of hydrogen-bond donors (Lipinski definition) is 1. The summed E-state index contributed by atoms with van der Waals surface area (Å²) in [5.41, 5.74) is 5.41. The lowest BCUT2D eigenvalue weighted by molar-refractivity contribution is 0.0998. The molecule has 2 nitrogen and oxygen atoms in total. The zero-order valence-electron chi connectivity index (χ0n) is 13.5. The molecule has 1 N–H and O–H groups in total. The lowest BCUT2D eigenvalue weighted by atomic mass is 9.81. The summed E-state index contributed by atoms with van der Waals surface area (Å²) in [6.45, 7) is 11.1. The molecule has 0 saturated heterocycles. The van der Waals surface area contributed by atoms with E-state index in [-0.39, 0.29) is 18.6 Å². The molecular weight excluding hydrogens is 234 g/mol. The minimum atomic E-state index is 0.229. The first-order valence-corrected chi connectivity index (χ1v) is 7.15. The Labute approximate surface area is 118 Å². The average molecular weight is 263 g/mol. The number of nitrogens with zero attached hydrogens (tertiary/aromatic N) is 1. The summed E-state index contributed by atoms with van der Waals surface area (Å²) in [6, 6.07) is 4.69. The van der Waals surface area contributed by atoms with Crippen LogP contribution in [-0.2, 0) is 0 Å². The molecule has 19 heavy (non-hydrogen) atoms. The predicted molar refractivity (Wildman–Crippen MR) is 82.5 cm³/mol. The van der Waals surface area contributed by atoms with Crippen LogP contribution < -0.4 is 0 Å². The maximum Gasteiger partial charge on any atom is 0.0480 e. The van der Waals surface area contributed by atoms with E-state index in [4.69, 9.17) is 0 Å². The molecule has 1 aromatic carbocycles. The fourth-order valence-corrected chi connectivity index (χ4v) is 2.86. The van der Waals surface area contributed by atoms with Gasteiger partial charge in [-0.05, 0) is 63.0 Å². The fourth-order valence-electron chi connectivity index (χ4n) is 2.86. The molecule has 2 unspecified atom stereocenters. The molecule has 2 atom stereocenters. The van der Waals surface area contributed by atoms with E-state index in [1.807, 2.05) is 0 Å². The first-order valence-electron chi connectivity index (χ1n) is 7.15. The molecule has 0 amide bonds. The maximum atomic E-state index is 9.77. The SMILES string of the molecule is Cc1ccc(C(C(CO)C(C)C)N(C)C)c(C)c1C. The van der Waals surface area contributed by atoms with Gasteiger partial charge in [-0.15, -0.1) is 0 Å². The second kappa shape index (κ2) is 6.53. The standard InChI is InChI=1S/C17H29NO/c1-11(2)16(10-19)17(18(6)7)15-9-8-12(3)13(4)14(15)5/h8-9,11,16-17,19H,10H2,1-7H3. The fraction of sp³-hybridized carbons (Fsp3) is 0.647. The van der Waals surface area contributed by atoms with Gasteiger partial charge in [-0.3, -0.25) is 0 Å². The van der Waals surface area contributed by atoms with Gasteiger partial charge in [0.1, 0.15) is 0 Å². The molecule has 0 aliphatic heterocycles. The Morgan fingerprint density at radius 2 is 1.63 bits per heavy atom. The normalized spacial score (nSPS) is 15.1. The van der Waals surface area contributed by atoms with Crippen LogP contribution in [0.4, 0.5) is 0 Å². The number of benzene rings is 1. The molecule has 0 bridgehead atoms. The van der Waals surface area contributed by atoms with E-state index in [1.165, 1.54) is 22.3 Å². The van der Waals surface area contributed by atoms with Gasteiger partial charge < -0.3 is 10.0 Å². The largest absolute Gasteiger partial charge is 0.396 e. The van der Waals surface area contributed by atoms with Crippen LogP contribution in [0.2, 0.25) is 0 Å². The smallest absolute Gasteiger partial charge is 0.0480 e. The van der Waals surface area contributed by atoms with Crippen LogP contribution in [0, 0.1) is 32.6 Å². The summed E-state index contributed by atoms with van der Waals surface area (Å²) in [7, 11) is 4.20. The second-order valence-electron chi connectivity index (χ2n) is 6.22. The topological polar surface area (TPSA) is 23.5 Å². The zero-order valence-corrected chi connectivity index (χ0v) is 13.5. The Hall–Kier alpha value is -0.860. The molecule has 0 spiro atoms. The molecule has 0 heterocycles. The summed E-state index contributed by atoms with van der Waals surface area (Å²) in [5, 5.41) is 9.77. The highest BCUT2D eigenvalue weighted by molar-refractivity contribution is 5.40. The Kier molecular flexibility index (Phi) is 5.57. The molecule has 1 rings (SSSR count). The van der Waals surface area contributed by atoms with Gasteiger partial charge in [-0.25, -0.2) is 0 Å². The van der Waals surface area contributed by atoms with Crippen LogP contribution in [-0.4, -0.2) is 30.7 Å². The number of rotatable bonds is 5. The van der Waals surface area contributed by atoms with Crippen LogP contribution in [0.5, 0.6) is 0 Å². The number of aliphatic hydroxyl groups is 1. The summed E-state index contributed by atoms with van der Waals surface area (Å²) >= 11 is 0. The highest BCUT2D eigenvalue weighted by Gasteiger charge is 2.28. The van der Waals surface area contributed by atoms with Gasteiger partial charge in [0.25, 0.3) is 0 Å². The van der Waals surface area contributed by atoms with Gasteiger partial charge in [0, 0.05) is 18.6 Å². The molecule has 0 aliphatic rings.